The first-order chi connectivity index (χ1) is 9.61. The summed E-state index contributed by atoms with van der Waals surface area (Å²) < 4.78 is 5.46. The number of rotatable bonds is 5. The Balaban J connectivity index is 2.30. The van der Waals surface area contributed by atoms with Crippen molar-refractivity contribution in [2.24, 2.45) is 0 Å². The van der Waals surface area contributed by atoms with Gasteiger partial charge in [-0.25, -0.2) is 0 Å². The van der Waals surface area contributed by atoms with Crippen LogP contribution in [0.3, 0.4) is 0 Å². The molecule has 0 radical (unpaired) electrons. The first kappa shape index (κ1) is 15.2. The first-order valence-electron chi connectivity index (χ1n) is 6.69. The lowest BCUT2D eigenvalue weighted by molar-refractivity contribution is 0.340. The van der Waals surface area contributed by atoms with Crippen LogP contribution >= 0.6 is 23.2 Å². The molecule has 0 aliphatic heterocycles. The maximum atomic E-state index is 6.19. The van der Waals surface area contributed by atoms with Gasteiger partial charge in [-0.15, -0.1) is 23.2 Å². The minimum Gasteiger partial charge on any atom is -0.494 e. The Morgan fingerprint density at radius 3 is 1.85 bits per heavy atom. The normalized spacial score (nSPS) is 12.4. The SMILES string of the molecule is CCOc1ccc(C(c2ccc(C)cc2)C(Cl)Cl)cc1. The smallest absolute Gasteiger partial charge is 0.119 e. The molecule has 0 amide bonds. The Labute approximate surface area is 130 Å². The molecule has 1 atom stereocenters. The quantitative estimate of drug-likeness (QED) is 0.678. The van der Waals surface area contributed by atoms with Crippen LogP contribution in [-0.4, -0.2) is 11.4 Å². The Hall–Kier alpha value is -1.18. The van der Waals surface area contributed by atoms with Crippen LogP contribution in [0.1, 0.15) is 29.5 Å². The van der Waals surface area contributed by atoms with Gasteiger partial charge in [0.05, 0.1) is 6.61 Å². The second-order valence-electron chi connectivity index (χ2n) is 4.72. The van der Waals surface area contributed by atoms with E-state index < -0.39 is 4.84 Å². The second-order valence-corrected chi connectivity index (χ2v) is 5.89. The van der Waals surface area contributed by atoms with Crippen molar-refractivity contribution in [3.63, 3.8) is 0 Å². The summed E-state index contributed by atoms with van der Waals surface area (Å²) in [5, 5.41) is 0. The van der Waals surface area contributed by atoms with Crippen molar-refractivity contribution in [3.8, 4) is 5.75 Å². The third kappa shape index (κ3) is 3.68. The van der Waals surface area contributed by atoms with E-state index in [-0.39, 0.29) is 5.92 Å². The molecule has 0 bridgehead atoms. The largest absolute Gasteiger partial charge is 0.494 e. The summed E-state index contributed by atoms with van der Waals surface area (Å²) in [5.74, 6) is 0.828. The summed E-state index contributed by atoms with van der Waals surface area (Å²) in [6, 6.07) is 16.3. The van der Waals surface area contributed by atoms with Crippen molar-refractivity contribution < 1.29 is 4.74 Å². The first-order valence-corrected chi connectivity index (χ1v) is 7.56. The van der Waals surface area contributed by atoms with E-state index in [4.69, 9.17) is 27.9 Å². The van der Waals surface area contributed by atoms with E-state index in [0.717, 1.165) is 16.9 Å². The summed E-state index contributed by atoms with van der Waals surface area (Å²) >= 11 is 12.4. The van der Waals surface area contributed by atoms with Crippen LogP contribution in [0, 0.1) is 6.92 Å². The number of hydrogen-bond donors (Lipinski definition) is 0. The van der Waals surface area contributed by atoms with Gasteiger partial charge < -0.3 is 4.74 Å². The van der Waals surface area contributed by atoms with Crippen LogP contribution in [0.4, 0.5) is 0 Å². The Bertz CT molecular complexity index is 532. The molecule has 106 valence electrons. The fourth-order valence-electron chi connectivity index (χ4n) is 2.20. The zero-order valence-electron chi connectivity index (χ0n) is 11.6. The lowest BCUT2D eigenvalue weighted by atomic mass is 9.92. The minimum absolute atomic E-state index is 0.0328. The number of halogens is 2. The maximum Gasteiger partial charge on any atom is 0.119 e. The lowest BCUT2D eigenvalue weighted by Gasteiger charge is -2.19. The number of benzene rings is 2. The van der Waals surface area contributed by atoms with Crippen molar-refractivity contribution in [1.82, 2.24) is 0 Å². The number of hydrogen-bond acceptors (Lipinski definition) is 1. The highest BCUT2D eigenvalue weighted by Crippen LogP contribution is 2.34. The summed E-state index contributed by atoms with van der Waals surface area (Å²) in [7, 11) is 0. The average molecular weight is 309 g/mol. The monoisotopic (exact) mass is 308 g/mol. The predicted molar refractivity (Wildman–Crippen MR) is 86.1 cm³/mol. The van der Waals surface area contributed by atoms with Gasteiger partial charge in [-0.1, -0.05) is 42.0 Å². The summed E-state index contributed by atoms with van der Waals surface area (Å²) in [6.07, 6.45) is 0. The van der Waals surface area contributed by atoms with Gasteiger partial charge in [0.25, 0.3) is 0 Å². The zero-order valence-corrected chi connectivity index (χ0v) is 13.2. The summed E-state index contributed by atoms with van der Waals surface area (Å²) in [4.78, 5) is -0.490. The molecule has 2 aromatic rings. The Morgan fingerprint density at radius 1 is 0.900 bits per heavy atom. The fourth-order valence-corrected chi connectivity index (χ4v) is 2.78. The van der Waals surface area contributed by atoms with Gasteiger partial charge in [-0.2, -0.15) is 0 Å². The molecule has 1 unspecified atom stereocenters. The molecule has 0 aliphatic carbocycles. The molecule has 2 rings (SSSR count). The number of aryl methyl sites for hydroxylation is 1. The molecule has 0 aromatic heterocycles. The topological polar surface area (TPSA) is 9.23 Å². The molecule has 0 spiro atoms. The average Bonchev–Trinajstić information content (AvgIpc) is 2.43. The highest BCUT2D eigenvalue weighted by molar-refractivity contribution is 6.45. The second kappa shape index (κ2) is 7.01. The molecule has 20 heavy (non-hydrogen) atoms. The van der Waals surface area contributed by atoms with Crippen LogP contribution in [0.25, 0.3) is 0 Å². The third-order valence-corrected chi connectivity index (χ3v) is 3.74. The Kier molecular flexibility index (Phi) is 5.33. The molecule has 0 saturated heterocycles. The Morgan fingerprint density at radius 2 is 1.40 bits per heavy atom. The molecule has 0 aliphatic rings. The van der Waals surface area contributed by atoms with Crippen LogP contribution in [0.15, 0.2) is 48.5 Å². The molecule has 0 fully saturated rings. The maximum absolute atomic E-state index is 6.19. The standard InChI is InChI=1S/C17H18Cl2O/c1-3-20-15-10-8-14(9-11-15)16(17(18)19)13-6-4-12(2)5-7-13/h4-11,16-17H,3H2,1-2H3. The fraction of sp³-hybridized carbons (Fsp3) is 0.294. The number of ether oxygens (including phenoxy) is 1. The van der Waals surface area contributed by atoms with Gasteiger partial charge >= 0.3 is 0 Å². The lowest BCUT2D eigenvalue weighted by Crippen LogP contribution is -2.09. The summed E-state index contributed by atoms with van der Waals surface area (Å²) in [5.41, 5.74) is 3.43. The van der Waals surface area contributed by atoms with E-state index in [0.29, 0.717) is 6.61 Å². The van der Waals surface area contributed by atoms with Crippen molar-refractivity contribution in [2.75, 3.05) is 6.61 Å². The predicted octanol–water partition coefficient (Wildman–Crippen LogP) is 5.33. The van der Waals surface area contributed by atoms with Crippen LogP contribution in [-0.2, 0) is 0 Å². The van der Waals surface area contributed by atoms with Gasteiger partial charge in [-0.05, 0) is 37.1 Å². The van der Waals surface area contributed by atoms with Crippen molar-refractivity contribution in [1.29, 1.82) is 0 Å². The van der Waals surface area contributed by atoms with Crippen LogP contribution < -0.4 is 4.74 Å². The third-order valence-electron chi connectivity index (χ3n) is 3.24. The van der Waals surface area contributed by atoms with E-state index in [2.05, 4.69) is 31.2 Å². The van der Waals surface area contributed by atoms with Gasteiger partial charge in [0.2, 0.25) is 0 Å². The van der Waals surface area contributed by atoms with E-state index in [1.807, 2.05) is 31.2 Å². The van der Waals surface area contributed by atoms with Crippen molar-refractivity contribution in [2.45, 2.75) is 24.6 Å². The van der Waals surface area contributed by atoms with E-state index >= 15 is 0 Å². The van der Waals surface area contributed by atoms with Gasteiger partial charge in [0.1, 0.15) is 10.6 Å². The molecule has 3 heteroatoms. The van der Waals surface area contributed by atoms with Crippen LogP contribution in [0.2, 0.25) is 0 Å². The summed E-state index contributed by atoms with van der Waals surface area (Å²) in [6.45, 7) is 4.69. The van der Waals surface area contributed by atoms with Crippen molar-refractivity contribution >= 4 is 23.2 Å². The van der Waals surface area contributed by atoms with E-state index in [1.54, 1.807) is 0 Å². The van der Waals surface area contributed by atoms with Gasteiger partial charge in [0.15, 0.2) is 0 Å². The van der Waals surface area contributed by atoms with Gasteiger partial charge in [0, 0.05) is 5.92 Å². The molecule has 0 N–H and O–H groups in total. The van der Waals surface area contributed by atoms with Crippen LogP contribution in [0.5, 0.6) is 5.75 Å². The molecule has 0 heterocycles. The highest BCUT2D eigenvalue weighted by atomic mass is 35.5. The minimum atomic E-state index is -0.490. The van der Waals surface area contributed by atoms with E-state index in [9.17, 15) is 0 Å². The van der Waals surface area contributed by atoms with Crippen molar-refractivity contribution in [3.05, 3.63) is 65.2 Å². The zero-order chi connectivity index (χ0) is 14.5. The highest BCUT2D eigenvalue weighted by Gasteiger charge is 2.21. The molecule has 2 aromatic carbocycles. The molecular formula is C17H18Cl2O. The molecular weight excluding hydrogens is 291 g/mol. The van der Waals surface area contributed by atoms with E-state index in [1.165, 1.54) is 5.56 Å². The number of alkyl halides is 2. The van der Waals surface area contributed by atoms with Gasteiger partial charge in [-0.3, -0.25) is 0 Å². The molecule has 0 saturated carbocycles. The molecule has 1 nitrogen and oxygen atoms in total.